The molecule has 0 unspecified atom stereocenters. The van der Waals surface area contributed by atoms with E-state index in [0.29, 0.717) is 10.7 Å². The molecule has 0 amide bonds. The Hall–Kier alpha value is -1.54. The topological polar surface area (TPSA) is 26.9 Å². The third-order valence-corrected chi connectivity index (χ3v) is 2.30. The van der Waals surface area contributed by atoms with Crippen LogP contribution in [0.3, 0.4) is 0 Å². The number of hydrogen-bond donors (Lipinski definition) is 0. The van der Waals surface area contributed by atoms with Crippen molar-refractivity contribution in [1.82, 2.24) is 0 Å². The van der Waals surface area contributed by atoms with Gasteiger partial charge in [-0.15, -0.1) is 0 Å². The molecule has 2 aromatic rings. The molecule has 0 atom stereocenters. The minimum atomic E-state index is 0.568. The molecule has 1 aromatic carbocycles. The summed E-state index contributed by atoms with van der Waals surface area (Å²) in [6, 6.07) is 12.5. The maximum atomic E-state index is 11.4. The monoisotopic (exact) mass is 205 g/mol. The molecule has 70 valence electrons. The first kappa shape index (κ1) is 9.03. The number of nitrogens with zero attached hydrogens (tertiary/aromatic N) is 1. The molecule has 0 N–H and O–H groups in total. The average Bonchev–Trinajstić information content (AvgIpc) is 2.20. The second kappa shape index (κ2) is 3.68. The molecule has 3 heteroatoms. The first-order chi connectivity index (χ1) is 6.79. The largest absolute Gasteiger partial charge is 0.618 e. The predicted molar refractivity (Wildman–Crippen MR) is 55.8 cm³/mol. The van der Waals surface area contributed by atoms with Gasteiger partial charge in [0.25, 0.3) is 0 Å². The van der Waals surface area contributed by atoms with Crippen molar-refractivity contribution < 1.29 is 4.73 Å². The minimum Gasteiger partial charge on any atom is -0.618 e. The standard InChI is InChI=1S/C11H8ClNO/c12-10-6-2-1-5-9(10)11-7-3-4-8-13(11)14/h1-8H. The molecule has 0 aliphatic carbocycles. The van der Waals surface area contributed by atoms with Gasteiger partial charge in [-0.25, -0.2) is 0 Å². The number of aromatic nitrogens is 1. The summed E-state index contributed by atoms with van der Waals surface area (Å²) in [5.41, 5.74) is 1.32. The third kappa shape index (κ3) is 1.56. The van der Waals surface area contributed by atoms with Gasteiger partial charge in [-0.05, 0) is 18.2 Å². The van der Waals surface area contributed by atoms with Crippen molar-refractivity contribution in [2.24, 2.45) is 0 Å². The summed E-state index contributed by atoms with van der Waals surface area (Å²) in [7, 11) is 0. The fraction of sp³-hybridized carbons (Fsp3) is 0. The Bertz CT molecular complexity index is 413. The average molecular weight is 206 g/mol. The molecule has 2 rings (SSSR count). The van der Waals surface area contributed by atoms with E-state index in [4.69, 9.17) is 11.6 Å². The first-order valence-electron chi connectivity index (χ1n) is 4.22. The Labute approximate surface area is 87.0 Å². The minimum absolute atomic E-state index is 0.568. The molecular weight excluding hydrogens is 198 g/mol. The van der Waals surface area contributed by atoms with Crippen LogP contribution in [0.25, 0.3) is 11.3 Å². The van der Waals surface area contributed by atoms with Gasteiger partial charge >= 0.3 is 0 Å². The zero-order chi connectivity index (χ0) is 9.97. The molecule has 0 saturated heterocycles. The Balaban J connectivity index is 2.61. The SMILES string of the molecule is [O-][n+]1ccccc1-c1ccccc1Cl. The van der Waals surface area contributed by atoms with Crippen molar-refractivity contribution in [2.45, 2.75) is 0 Å². The lowest BCUT2D eigenvalue weighted by molar-refractivity contribution is -0.593. The fourth-order valence-corrected chi connectivity index (χ4v) is 1.54. The van der Waals surface area contributed by atoms with E-state index in [-0.39, 0.29) is 0 Å². The molecule has 0 fully saturated rings. The normalized spacial score (nSPS) is 10.1. The summed E-state index contributed by atoms with van der Waals surface area (Å²) >= 11 is 5.98. The molecular formula is C11H8ClNO. The lowest BCUT2D eigenvalue weighted by Crippen LogP contribution is -2.27. The summed E-state index contributed by atoms with van der Waals surface area (Å²) in [5, 5.41) is 12.0. The van der Waals surface area contributed by atoms with E-state index in [1.807, 2.05) is 24.3 Å². The number of halogens is 1. The van der Waals surface area contributed by atoms with Gasteiger partial charge in [-0.1, -0.05) is 23.7 Å². The Morgan fingerprint density at radius 1 is 1.00 bits per heavy atom. The molecule has 1 aromatic heterocycles. The molecule has 0 bridgehead atoms. The van der Waals surface area contributed by atoms with Gasteiger partial charge in [0.1, 0.15) is 0 Å². The molecule has 1 heterocycles. The number of benzene rings is 1. The van der Waals surface area contributed by atoms with Crippen LogP contribution < -0.4 is 4.73 Å². The third-order valence-electron chi connectivity index (χ3n) is 1.97. The fourth-order valence-electron chi connectivity index (χ4n) is 1.31. The van der Waals surface area contributed by atoms with Crippen molar-refractivity contribution in [3.63, 3.8) is 0 Å². The second-order valence-electron chi connectivity index (χ2n) is 2.89. The molecule has 0 spiro atoms. The van der Waals surface area contributed by atoms with E-state index >= 15 is 0 Å². The van der Waals surface area contributed by atoms with E-state index < -0.39 is 0 Å². The number of pyridine rings is 1. The van der Waals surface area contributed by atoms with E-state index in [1.54, 1.807) is 18.2 Å². The molecule has 0 saturated carbocycles. The van der Waals surface area contributed by atoms with Gasteiger partial charge < -0.3 is 5.21 Å². The summed E-state index contributed by atoms with van der Waals surface area (Å²) in [4.78, 5) is 0. The highest BCUT2D eigenvalue weighted by Crippen LogP contribution is 2.24. The smallest absolute Gasteiger partial charge is 0.225 e. The molecule has 2 nitrogen and oxygen atoms in total. The molecule has 0 radical (unpaired) electrons. The van der Waals surface area contributed by atoms with E-state index in [0.717, 1.165) is 10.3 Å². The van der Waals surface area contributed by atoms with Crippen molar-refractivity contribution in [3.05, 3.63) is 58.9 Å². The van der Waals surface area contributed by atoms with Crippen molar-refractivity contribution >= 4 is 11.6 Å². The van der Waals surface area contributed by atoms with Crippen molar-refractivity contribution in [1.29, 1.82) is 0 Å². The highest BCUT2D eigenvalue weighted by molar-refractivity contribution is 6.33. The van der Waals surface area contributed by atoms with Gasteiger partial charge in [-0.2, -0.15) is 4.73 Å². The highest BCUT2D eigenvalue weighted by atomic mass is 35.5. The first-order valence-corrected chi connectivity index (χ1v) is 4.60. The number of hydrogen-bond acceptors (Lipinski definition) is 1. The van der Waals surface area contributed by atoms with Crippen LogP contribution in [0.1, 0.15) is 0 Å². The molecule has 14 heavy (non-hydrogen) atoms. The predicted octanol–water partition coefficient (Wildman–Crippen LogP) is 2.64. The van der Waals surface area contributed by atoms with Crippen LogP contribution in [0.4, 0.5) is 0 Å². The quantitative estimate of drug-likeness (QED) is 0.519. The lowest BCUT2D eigenvalue weighted by atomic mass is 10.1. The zero-order valence-electron chi connectivity index (χ0n) is 7.35. The van der Waals surface area contributed by atoms with Crippen LogP contribution in [0.15, 0.2) is 48.7 Å². The Morgan fingerprint density at radius 3 is 2.43 bits per heavy atom. The Morgan fingerprint density at radius 2 is 1.71 bits per heavy atom. The van der Waals surface area contributed by atoms with Crippen molar-refractivity contribution in [2.75, 3.05) is 0 Å². The maximum absolute atomic E-state index is 11.4. The van der Waals surface area contributed by atoms with Crippen LogP contribution in [0, 0.1) is 5.21 Å². The van der Waals surface area contributed by atoms with Gasteiger partial charge in [0.15, 0.2) is 6.20 Å². The molecule has 0 aliphatic heterocycles. The summed E-state index contributed by atoms with van der Waals surface area (Å²) in [6.07, 6.45) is 1.46. The van der Waals surface area contributed by atoms with E-state index in [2.05, 4.69) is 0 Å². The van der Waals surface area contributed by atoms with Crippen LogP contribution >= 0.6 is 11.6 Å². The Kier molecular flexibility index (Phi) is 2.37. The summed E-state index contributed by atoms with van der Waals surface area (Å²) < 4.78 is 0.807. The summed E-state index contributed by atoms with van der Waals surface area (Å²) in [6.45, 7) is 0. The van der Waals surface area contributed by atoms with Crippen LogP contribution in [0.5, 0.6) is 0 Å². The number of rotatable bonds is 1. The van der Waals surface area contributed by atoms with E-state index in [1.165, 1.54) is 6.20 Å². The highest BCUT2D eigenvalue weighted by Gasteiger charge is 2.09. The van der Waals surface area contributed by atoms with Crippen LogP contribution in [0.2, 0.25) is 5.02 Å². The van der Waals surface area contributed by atoms with Gasteiger partial charge in [0.2, 0.25) is 5.69 Å². The molecule has 0 aliphatic rings. The van der Waals surface area contributed by atoms with Gasteiger partial charge in [-0.3, -0.25) is 0 Å². The lowest BCUT2D eigenvalue weighted by Gasteiger charge is -2.04. The zero-order valence-corrected chi connectivity index (χ0v) is 8.11. The van der Waals surface area contributed by atoms with Crippen LogP contribution in [-0.4, -0.2) is 0 Å². The second-order valence-corrected chi connectivity index (χ2v) is 3.30. The van der Waals surface area contributed by atoms with Crippen LogP contribution in [-0.2, 0) is 0 Å². The van der Waals surface area contributed by atoms with Gasteiger partial charge in [0.05, 0.1) is 10.6 Å². The van der Waals surface area contributed by atoms with Gasteiger partial charge in [0, 0.05) is 12.1 Å². The summed E-state index contributed by atoms with van der Waals surface area (Å²) in [5.74, 6) is 0. The van der Waals surface area contributed by atoms with Crippen molar-refractivity contribution in [3.8, 4) is 11.3 Å². The maximum Gasteiger partial charge on any atom is 0.225 e. The van der Waals surface area contributed by atoms with E-state index in [9.17, 15) is 5.21 Å².